The second-order valence-corrected chi connectivity index (χ2v) is 4.09. The number of hydrogen-bond donors (Lipinski definition) is 4. The lowest BCUT2D eigenvalue weighted by molar-refractivity contribution is -0.147. The number of carboxylic acid groups (broad SMARTS) is 1. The van der Waals surface area contributed by atoms with Crippen LogP contribution in [-0.2, 0) is 10.4 Å². The molecular weight excluding hydrogens is 236 g/mol. The molecule has 2 unspecified atom stereocenters. The second kappa shape index (κ2) is 4.19. The Labute approximate surface area is 103 Å². The highest BCUT2D eigenvalue weighted by Crippen LogP contribution is 2.37. The standard InChI is InChI=1S/C13H12O5/c14-10-6-9(12(16)17)13(18,7-11(10)15)8-4-2-1-3-5-8/h1-7,9,14-15,18H,(H,16,17). The second-order valence-electron chi connectivity index (χ2n) is 4.09. The highest BCUT2D eigenvalue weighted by Gasteiger charge is 2.44. The first-order valence-electron chi connectivity index (χ1n) is 5.29. The predicted octanol–water partition coefficient (Wildman–Crippen LogP) is 1.47. The number of aliphatic hydroxyl groups excluding tert-OH is 2. The molecule has 5 nitrogen and oxygen atoms in total. The first kappa shape index (κ1) is 12.2. The molecule has 0 heterocycles. The van der Waals surface area contributed by atoms with Crippen molar-refractivity contribution >= 4 is 5.97 Å². The fourth-order valence-electron chi connectivity index (χ4n) is 1.97. The molecule has 0 radical (unpaired) electrons. The van der Waals surface area contributed by atoms with Gasteiger partial charge in [0.1, 0.15) is 11.5 Å². The van der Waals surface area contributed by atoms with Crippen LogP contribution in [0.2, 0.25) is 0 Å². The average molecular weight is 248 g/mol. The summed E-state index contributed by atoms with van der Waals surface area (Å²) in [6, 6.07) is 8.12. The maximum absolute atomic E-state index is 11.2. The zero-order chi connectivity index (χ0) is 13.3. The minimum Gasteiger partial charge on any atom is -0.504 e. The molecule has 1 aliphatic carbocycles. The molecule has 2 atom stereocenters. The lowest BCUT2D eigenvalue weighted by Gasteiger charge is -2.32. The third-order valence-corrected chi connectivity index (χ3v) is 2.92. The molecule has 5 heteroatoms. The van der Waals surface area contributed by atoms with E-state index in [1.807, 2.05) is 0 Å². The Bertz CT molecular complexity index is 532. The van der Waals surface area contributed by atoms with Crippen LogP contribution in [-0.4, -0.2) is 26.4 Å². The Balaban J connectivity index is 2.56. The third-order valence-electron chi connectivity index (χ3n) is 2.92. The van der Waals surface area contributed by atoms with Crippen molar-refractivity contribution in [2.75, 3.05) is 0 Å². The van der Waals surface area contributed by atoms with E-state index in [0.29, 0.717) is 5.56 Å². The molecule has 1 aliphatic rings. The Morgan fingerprint density at radius 3 is 2.28 bits per heavy atom. The van der Waals surface area contributed by atoms with E-state index in [0.717, 1.165) is 12.2 Å². The summed E-state index contributed by atoms with van der Waals surface area (Å²) in [5.74, 6) is -3.76. The largest absolute Gasteiger partial charge is 0.504 e. The zero-order valence-corrected chi connectivity index (χ0v) is 9.32. The first-order chi connectivity index (χ1) is 8.45. The lowest BCUT2D eigenvalue weighted by atomic mass is 9.77. The van der Waals surface area contributed by atoms with Crippen molar-refractivity contribution in [3.8, 4) is 0 Å². The number of carbonyl (C=O) groups is 1. The van der Waals surface area contributed by atoms with Gasteiger partial charge < -0.3 is 20.4 Å². The summed E-state index contributed by atoms with van der Waals surface area (Å²) in [6.45, 7) is 0. The average Bonchev–Trinajstić information content (AvgIpc) is 2.34. The minimum absolute atomic E-state index is 0.327. The normalized spacial score (nSPS) is 27.3. The summed E-state index contributed by atoms with van der Waals surface area (Å²) in [7, 11) is 0. The number of rotatable bonds is 2. The van der Waals surface area contributed by atoms with Gasteiger partial charge in [-0.1, -0.05) is 30.3 Å². The number of benzene rings is 1. The molecule has 2 rings (SSSR count). The molecule has 0 saturated heterocycles. The summed E-state index contributed by atoms with van der Waals surface area (Å²) < 4.78 is 0. The SMILES string of the molecule is O=C(O)C1C=C(O)C(O)=CC1(O)c1ccccc1. The molecule has 0 amide bonds. The van der Waals surface area contributed by atoms with Gasteiger partial charge in [-0.25, -0.2) is 0 Å². The van der Waals surface area contributed by atoms with E-state index in [-0.39, 0.29) is 0 Å². The number of aliphatic hydroxyl groups is 3. The van der Waals surface area contributed by atoms with E-state index in [1.54, 1.807) is 30.3 Å². The van der Waals surface area contributed by atoms with Gasteiger partial charge in [-0.05, 0) is 17.7 Å². The summed E-state index contributed by atoms with van der Waals surface area (Å²) >= 11 is 0. The van der Waals surface area contributed by atoms with E-state index >= 15 is 0 Å². The molecule has 1 aromatic carbocycles. The topological polar surface area (TPSA) is 98.0 Å². The molecule has 1 aromatic rings. The van der Waals surface area contributed by atoms with Crippen LogP contribution in [0.4, 0.5) is 0 Å². The van der Waals surface area contributed by atoms with Crippen molar-refractivity contribution in [3.63, 3.8) is 0 Å². The Morgan fingerprint density at radius 2 is 1.72 bits per heavy atom. The number of aliphatic carboxylic acids is 1. The molecule has 0 aliphatic heterocycles. The van der Waals surface area contributed by atoms with E-state index in [1.165, 1.54) is 0 Å². The van der Waals surface area contributed by atoms with Crippen molar-refractivity contribution in [1.29, 1.82) is 0 Å². The van der Waals surface area contributed by atoms with Crippen LogP contribution >= 0.6 is 0 Å². The van der Waals surface area contributed by atoms with Crippen LogP contribution in [0.15, 0.2) is 54.0 Å². The number of carboxylic acids is 1. The van der Waals surface area contributed by atoms with Gasteiger partial charge in [0.15, 0.2) is 11.5 Å². The van der Waals surface area contributed by atoms with E-state index in [4.69, 9.17) is 5.11 Å². The molecular formula is C13H12O5. The summed E-state index contributed by atoms with van der Waals surface area (Å²) in [4.78, 5) is 11.2. The lowest BCUT2D eigenvalue weighted by Crippen LogP contribution is -2.39. The van der Waals surface area contributed by atoms with Gasteiger partial charge in [0.2, 0.25) is 0 Å². The van der Waals surface area contributed by atoms with Crippen molar-refractivity contribution in [3.05, 3.63) is 59.6 Å². The highest BCUT2D eigenvalue weighted by atomic mass is 16.4. The van der Waals surface area contributed by atoms with Gasteiger partial charge in [-0.3, -0.25) is 4.79 Å². The molecule has 18 heavy (non-hydrogen) atoms. The van der Waals surface area contributed by atoms with Crippen molar-refractivity contribution in [1.82, 2.24) is 0 Å². The maximum atomic E-state index is 11.2. The fourth-order valence-corrected chi connectivity index (χ4v) is 1.97. The predicted molar refractivity (Wildman–Crippen MR) is 62.9 cm³/mol. The molecule has 0 spiro atoms. The molecule has 4 N–H and O–H groups in total. The molecule has 0 aromatic heterocycles. The van der Waals surface area contributed by atoms with Gasteiger partial charge >= 0.3 is 5.97 Å². The Kier molecular flexibility index (Phi) is 2.84. The Morgan fingerprint density at radius 1 is 1.11 bits per heavy atom. The van der Waals surface area contributed by atoms with Crippen LogP contribution in [0, 0.1) is 5.92 Å². The quantitative estimate of drug-likeness (QED) is 0.635. The number of hydrogen-bond acceptors (Lipinski definition) is 4. The van der Waals surface area contributed by atoms with Crippen LogP contribution in [0.25, 0.3) is 0 Å². The van der Waals surface area contributed by atoms with Gasteiger partial charge in [0, 0.05) is 0 Å². The summed E-state index contributed by atoms with van der Waals surface area (Å²) in [6.07, 6.45) is 1.86. The molecule has 0 saturated carbocycles. The van der Waals surface area contributed by atoms with Crippen LogP contribution < -0.4 is 0 Å². The fraction of sp³-hybridized carbons (Fsp3) is 0.154. The zero-order valence-electron chi connectivity index (χ0n) is 9.32. The Hall–Kier alpha value is -2.27. The van der Waals surface area contributed by atoms with Crippen LogP contribution in [0.1, 0.15) is 5.56 Å². The van der Waals surface area contributed by atoms with E-state index < -0.39 is 29.0 Å². The van der Waals surface area contributed by atoms with Crippen molar-refractivity contribution in [2.45, 2.75) is 5.60 Å². The monoisotopic (exact) mass is 248 g/mol. The third kappa shape index (κ3) is 1.84. The molecule has 0 fully saturated rings. The van der Waals surface area contributed by atoms with Crippen molar-refractivity contribution in [2.24, 2.45) is 5.92 Å². The van der Waals surface area contributed by atoms with E-state index in [9.17, 15) is 20.1 Å². The summed E-state index contributed by atoms with van der Waals surface area (Å²) in [5.41, 5.74) is -1.56. The van der Waals surface area contributed by atoms with Crippen LogP contribution in [0.3, 0.4) is 0 Å². The maximum Gasteiger partial charge on any atom is 0.314 e. The van der Waals surface area contributed by atoms with E-state index in [2.05, 4.69) is 0 Å². The van der Waals surface area contributed by atoms with Crippen LogP contribution in [0.5, 0.6) is 0 Å². The van der Waals surface area contributed by atoms with Gasteiger partial charge in [-0.2, -0.15) is 0 Å². The van der Waals surface area contributed by atoms with Gasteiger partial charge in [0.25, 0.3) is 0 Å². The smallest absolute Gasteiger partial charge is 0.314 e. The van der Waals surface area contributed by atoms with Gasteiger partial charge in [0.05, 0.1) is 0 Å². The van der Waals surface area contributed by atoms with Crippen molar-refractivity contribution < 1.29 is 25.2 Å². The summed E-state index contributed by atoms with van der Waals surface area (Å²) in [5, 5.41) is 38.4. The molecule has 94 valence electrons. The molecule has 0 bridgehead atoms. The first-order valence-corrected chi connectivity index (χ1v) is 5.29. The highest BCUT2D eigenvalue weighted by molar-refractivity contribution is 5.76. The van der Waals surface area contributed by atoms with Gasteiger partial charge in [-0.15, -0.1) is 0 Å². The minimum atomic E-state index is -1.89.